The second kappa shape index (κ2) is 6.14. The van der Waals surface area contributed by atoms with Crippen molar-refractivity contribution in [1.29, 1.82) is 0 Å². The number of halogens is 1. The fraction of sp³-hybridized carbons (Fsp3) is 0.750. The van der Waals surface area contributed by atoms with Gasteiger partial charge in [0.25, 0.3) is 0 Å². The van der Waals surface area contributed by atoms with Gasteiger partial charge in [0.2, 0.25) is 0 Å². The Labute approximate surface area is 111 Å². The molecule has 1 N–H and O–H groups in total. The van der Waals surface area contributed by atoms with E-state index in [4.69, 9.17) is 11.6 Å². The minimum absolute atomic E-state index is 0.217. The van der Waals surface area contributed by atoms with Gasteiger partial charge in [0.15, 0.2) is 0 Å². The standard InChI is InChI=1S/C12H19ClN2OS/c1-9(12-14-10(7-13)8-17-12)15(5-6-16)11-3-2-4-11/h8-9,11,16H,2-7H2,1H3. The molecule has 1 aliphatic rings. The second-order valence-corrected chi connectivity index (χ2v) is 5.69. The summed E-state index contributed by atoms with van der Waals surface area (Å²) < 4.78 is 0. The molecule has 1 aromatic heterocycles. The highest BCUT2D eigenvalue weighted by Crippen LogP contribution is 2.33. The molecule has 5 heteroatoms. The van der Waals surface area contributed by atoms with Gasteiger partial charge in [-0.05, 0) is 19.8 Å². The van der Waals surface area contributed by atoms with Gasteiger partial charge in [0.05, 0.1) is 24.2 Å². The number of aliphatic hydroxyl groups is 1. The first-order valence-corrected chi connectivity index (χ1v) is 7.54. The average molecular weight is 275 g/mol. The summed E-state index contributed by atoms with van der Waals surface area (Å²) in [6.45, 7) is 3.13. The maximum atomic E-state index is 9.17. The lowest BCUT2D eigenvalue weighted by Gasteiger charge is -2.40. The summed E-state index contributed by atoms with van der Waals surface area (Å²) >= 11 is 7.45. The van der Waals surface area contributed by atoms with Crippen LogP contribution in [-0.2, 0) is 5.88 Å². The fourth-order valence-electron chi connectivity index (χ4n) is 2.24. The van der Waals surface area contributed by atoms with Gasteiger partial charge in [-0.3, -0.25) is 4.90 Å². The molecule has 1 unspecified atom stereocenters. The Morgan fingerprint density at radius 1 is 1.65 bits per heavy atom. The van der Waals surface area contributed by atoms with Gasteiger partial charge in [0, 0.05) is 18.0 Å². The van der Waals surface area contributed by atoms with Crippen LogP contribution in [0, 0.1) is 0 Å². The van der Waals surface area contributed by atoms with Crippen molar-refractivity contribution in [3.05, 3.63) is 16.1 Å². The van der Waals surface area contributed by atoms with Crippen molar-refractivity contribution >= 4 is 22.9 Å². The number of aliphatic hydroxyl groups excluding tert-OH is 1. The molecular weight excluding hydrogens is 256 g/mol. The van der Waals surface area contributed by atoms with Crippen LogP contribution in [0.15, 0.2) is 5.38 Å². The number of aromatic nitrogens is 1. The van der Waals surface area contributed by atoms with Crippen molar-refractivity contribution in [2.24, 2.45) is 0 Å². The van der Waals surface area contributed by atoms with Gasteiger partial charge < -0.3 is 5.11 Å². The molecule has 3 nitrogen and oxygen atoms in total. The maximum Gasteiger partial charge on any atom is 0.110 e. The number of rotatable bonds is 6. The average Bonchev–Trinajstić information content (AvgIpc) is 2.73. The third kappa shape index (κ3) is 2.99. The molecule has 17 heavy (non-hydrogen) atoms. The predicted octanol–water partition coefficient (Wildman–Crippen LogP) is 2.79. The minimum Gasteiger partial charge on any atom is -0.395 e. The molecule has 0 amide bonds. The fourth-order valence-corrected chi connectivity index (χ4v) is 3.37. The van der Waals surface area contributed by atoms with E-state index < -0.39 is 0 Å². The van der Waals surface area contributed by atoms with Gasteiger partial charge in [-0.15, -0.1) is 22.9 Å². The molecule has 1 heterocycles. The summed E-state index contributed by atoms with van der Waals surface area (Å²) in [4.78, 5) is 6.91. The van der Waals surface area contributed by atoms with Crippen molar-refractivity contribution in [2.45, 2.75) is 44.1 Å². The smallest absolute Gasteiger partial charge is 0.110 e. The number of nitrogens with zero attached hydrogens (tertiary/aromatic N) is 2. The Kier molecular flexibility index (Phi) is 4.79. The summed E-state index contributed by atoms with van der Waals surface area (Å²) in [7, 11) is 0. The van der Waals surface area contributed by atoms with E-state index in [0.29, 0.717) is 11.9 Å². The first-order valence-electron chi connectivity index (χ1n) is 6.13. The molecular formula is C12H19ClN2OS. The molecule has 1 fully saturated rings. The van der Waals surface area contributed by atoms with E-state index in [1.54, 1.807) is 11.3 Å². The third-order valence-electron chi connectivity index (χ3n) is 3.46. The second-order valence-electron chi connectivity index (χ2n) is 4.53. The van der Waals surface area contributed by atoms with Gasteiger partial charge in [-0.2, -0.15) is 0 Å². The quantitative estimate of drug-likeness (QED) is 0.811. The first-order chi connectivity index (χ1) is 8.26. The first kappa shape index (κ1) is 13.3. The van der Waals surface area contributed by atoms with E-state index >= 15 is 0 Å². The molecule has 1 atom stereocenters. The van der Waals surface area contributed by atoms with Crippen LogP contribution in [0.5, 0.6) is 0 Å². The van der Waals surface area contributed by atoms with Crippen LogP contribution < -0.4 is 0 Å². The van der Waals surface area contributed by atoms with E-state index in [-0.39, 0.29) is 12.6 Å². The largest absolute Gasteiger partial charge is 0.395 e. The Hall–Kier alpha value is -0.160. The highest BCUT2D eigenvalue weighted by atomic mass is 35.5. The van der Waals surface area contributed by atoms with Crippen LogP contribution in [-0.4, -0.2) is 34.2 Å². The van der Waals surface area contributed by atoms with Gasteiger partial charge in [-0.25, -0.2) is 4.98 Å². The van der Waals surface area contributed by atoms with E-state index in [2.05, 4.69) is 16.8 Å². The topological polar surface area (TPSA) is 36.4 Å². The molecule has 2 rings (SSSR count). The lowest BCUT2D eigenvalue weighted by Crippen LogP contribution is -2.43. The maximum absolute atomic E-state index is 9.17. The molecule has 0 bridgehead atoms. The zero-order valence-electron chi connectivity index (χ0n) is 10.1. The van der Waals surface area contributed by atoms with Crippen molar-refractivity contribution in [1.82, 2.24) is 9.88 Å². The van der Waals surface area contributed by atoms with Crippen LogP contribution in [0.2, 0.25) is 0 Å². The van der Waals surface area contributed by atoms with Crippen LogP contribution >= 0.6 is 22.9 Å². The summed E-state index contributed by atoms with van der Waals surface area (Å²) in [6.07, 6.45) is 3.81. The molecule has 0 saturated heterocycles. The van der Waals surface area contributed by atoms with Crippen molar-refractivity contribution in [2.75, 3.05) is 13.2 Å². The summed E-state index contributed by atoms with van der Waals surface area (Å²) in [5.74, 6) is 0.479. The van der Waals surface area contributed by atoms with Crippen molar-refractivity contribution in [3.8, 4) is 0 Å². The Morgan fingerprint density at radius 3 is 2.88 bits per heavy atom. The van der Waals surface area contributed by atoms with Crippen LogP contribution in [0.1, 0.15) is 42.9 Å². The Bertz CT molecular complexity index is 354. The highest BCUT2D eigenvalue weighted by Gasteiger charge is 2.29. The molecule has 1 aromatic rings. The Balaban J connectivity index is 2.06. The van der Waals surface area contributed by atoms with Crippen molar-refractivity contribution in [3.63, 3.8) is 0 Å². The number of hydrogen-bond acceptors (Lipinski definition) is 4. The van der Waals surface area contributed by atoms with Gasteiger partial charge in [-0.1, -0.05) is 6.42 Å². The lowest BCUT2D eigenvalue weighted by atomic mass is 9.90. The van der Waals surface area contributed by atoms with Crippen molar-refractivity contribution < 1.29 is 5.11 Å². The van der Waals surface area contributed by atoms with Gasteiger partial charge in [0.1, 0.15) is 5.01 Å². The van der Waals surface area contributed by atoms with E-state index in [9.17, 15) is 5.11 Å². The zero-order chi connectivity index (χ0) is 12.3. The summed E-state index contributed by atoms with van der Waals surface area (Å²) in [5, 5.41) is 12.3. The van der Waals surface area contributed by atoms with Crippen LogP contribution in [0.3, 0.4) is 0 Å². The molecule has 1 saturated carbocycles. The third-order valence-corrected chi connectivity index (χ3v) is 4.80. The molecule has 96 valence electrons. The van der Waals surface area contributed by atoms with Crippen LogP contribution in [0.25, 0.3) is 0 Å². The normalized spacial score (nSPS) is 18.4. The highest BCUT2D eigenvalue weighted by molar-refractivity contribution is 7.09. The Morgan fingerprint density at radius 2 is 2.41 bits per heavy atom. The van der Waals surface area contributed by atoms with E-state index in [1.807, 2.05) is 5.38 Å². The predicted molar refractivity (Wildman–Crippen MR) is 71.5 cm³/mol. The lowest BCUT2D eigenvalue weighted by molar-refractivity contribution is 0.0661. The molecule has 0 aliphatic heterocycles. The molecule has 0 radical (unpaired) electrons. The number of hydrogen-bond donors (Lipinski definition) is 1. The van der Waals surface area contributed by atoms with E-state index in [1.165, 1.54) is 19.3 Å². The number of thiazole rings is 1. The summed E-state index contributed by atoms with van der Waals surface area (Å²) in [5.41, 5.74) is 0.955. The van der Waals surface area contributed by atoms with E-state index in [0.717, 1.165) is 17.2 Å². The van der Waals surface area contributed by atoms with Gasteiger partial charge >= 0.3 is 0 Å². The molecule has 1 aliphatic carbocycles. The monoisotopic (exact) mass is 274 g/mol. The van der Waals surface area contributed by atoms with Crippen LogP contribution in [0.4, 0.5) is 0 Å². The minimum atomic E-state index is 0.217. The summed E-state index contributed by atoms with van der Waals surface area (Å²) in [6, 6.07) is 0.912. The molecule has 0 spiro atoms. The zero-order valence-corrected chi connectivity index (χ0v) is 11.7. The number of alkyl halides is 1. The SMILES string of the molecule is CC(c1nc(CCl)cs1)N(CCO)C1CCC1. The molecule has 0 aromatic carbocycles.